The van der Waals surface area contributed by atoms with Gasteiger partial charge in [-0.25, -0.2) is 14.6 Å². The molecule has 0 aliphatic carbocycles. The second-order valence-corrected chi connectivity index (χ2v) is 7.39. The van der Waals surface area contributed by atoms with Crippen molar-refractivity contribution in [2.45, 2.75) is 26.8 Å². The Kier molecular flexibility index (Phi) is 6.26. The summed E-state index contributed by atoms with van der Waals surface area (Å²) in [6.45, 7) is 5.60. The molecular weight excluding hydrogens is 402 g/mol. The summed E-state index contributed by atoms with van der Waals surface area (Å²) in [5.41, 5.74) is 2.20. The van der Waals surface area contributed by atoms with Crippen LogP contribution in [0.15, 0.2) is 30.3 Å². The van der Waals surface area contributed by atoms with E-state index in [2.05, 4.69) is 0 Å². The molecule has 164 valence electrons. The summed E-state index contributed by atoms with van der Waals surface area (Å²) >= 11 is 0. The summed E-state index contributed by atoms with van der Waals surface area (Å²) in [4.78, 5) is 52.1. The maximum atomic E-state index is 13.0. The number of methoxy groups -OCH3 is 2. The van der Waals surface area contributed by atoms with Crippen molar-refractivity contribution in [1.29, 1.82) is 0 Å². The highest BCUT2D eigenvalue weighted by molar-refractivity contribution is 6.53. The number of anilines is 1. The van der Waals surface area contributed by atoms with E-state index in [-0.39, 0.29) is 11.7 Å². The first-order valence-corrected chi connectivity index (χ1v) is 9.75. The van der Waals surface area contributed by atoms with E-state index in [1.165, 1.54) is 19.2 Å². The minimum Gasteiger partial charge on any atom is -0.497 e. The SMILES string of the molecule is COC[C@@H](C)n1c(C)cc(C(=O)CN2C(=O)C(=O)N(c3ccc(OC)cc3)C2=O)c1C. The standard InChI is InChI=1S/C22H25N3O6/c1-13-10-18(15(3)24(13)14(2)12-30-4)19(26)11-23-20(27)21(28)25(22(23)29)16-6-8-17(31-5)9-7-16/h6-10,14H,11-12H2,1-5H3/t14-/m1/s1. The van der Waals surface area contributed by atoms with Gasteiger partial charge in [0.2, 0.25) is 0 Å². The number of imide groups is 2. The van der Waals surface area contributed by atoms with Gasteiger partial charge in [0.05, 0.1) is 32.0 Å². The van der Waals surface area contributed by atoms with Gasteiger partial charge in [-0.15, -0.1) is 0 Å². The highest BCUT2D eigenvalue weighted by Gasteiger charge is 2.46. The zero-order valence-corrected chi connectivity index (χ0v) is 18.2. The van der Waals surface area contributed by atoms with Gasteiger partial charge < -0.3 is 14.0 Å². The number of carbonyl (C=O) groups excluding carboxylic acids is 4. The van der Waals surface area contributed by atoms with Gasteiger partial charge in [-0.1, -0.05) is 0 Å². The van der Waals surface area contributed by atoms with Crippen LogP contribution in [0.25, 0.3) is 0 Å². The van der Waals surface area contributed by atoms with Crippen LogP contribution < -0.4 is 9.64 Å². The number of hydrogen-bond donors (Lipinski definition) is 0. The fourth-order valence-corrected chi connectivity index (χ4v) is 3.89. The summed E-state index contributed by atoms with van der Waals surface area (Å²) in [5, 5.41) is 0. The van der Waals surface area contributed by atoms with Crippen LogP contribution in [0.3, 0.4) is 0 Å². The maximum Gasteiger partial charge on any atom is 0.339 e. The molecule has 0 bridgehead atoms. The van der Waals surface area contributed by atoms with Crippen LogP contribution in [0.5, 0.6) is 5.75 Å². The Bertz CT molecular complexity index is 1040. The minimum absolute atomic E-state index is 0.00809. The lowest BCUT2D eigenvalue weighted by Gasteiger charge is -2.18. The molecule has 1 atom stereocenters. The molecule has 1 aliphatic rings. The van der Waals surface area contributed by atoms with Gasteiger partial charge in [-0.05, 0) is 51.1 Å². The van der Waals surface area contributed by atoms with Crippen LogP contribution in [0, 0.1) is 13.8 Å². The van der Waals surface area contributed by atoms with E-state index in [4.69, 9.17) is 9.47 Å². The molecule has 1 aromatic carbocycles. The van der Waals surface area contributed by atoms with Crippen LogP contribution in [-0.2, 0) is 14.3 Å². The quantitative estimate of drug-likeness (QED) is 0.365. The Labute approximate surface area is 180 Å². The molecule has 0 unspecified atom stereocenters. The third-order valence-corrected chi connectivity index (χ3v) is 5.32. The summed E-state index contributed by atoms with van der Waals surface area (Å²) in [7, 11) is 3.10. The average Bonchev–Trinajstić information content (AvgIpc) is 3.15. The number of nitrogens with zero attached hydrogens (tertiary/aromatic N) is 3. The molecule has 9 nitrogen and oxygen atoms in total. The number of Topliss-reactive ketones (excluding diaryl/α,β-unsaturated/α-hetero) is 1. The summed E-state index contributed by atoms with van der Waals surface area (Å²) in [6.07, 6.45) is 0. The van der Waals surface area contributed by atoms with Crippen molar-refractivity contribution < 1.29 is 28.7 Å². The van der Waals surface area contributed by atoms with Gasteiger partial charge in [0.1, 0.15) is 5.75 Å². The summed E-state index contributed by atoms with van der Waals surface area (Å²) < 4.78 is 12.2. The normalized spacial score (nSPS) is 15.1. The average molecular weight is 427 g/mol. The number of aryl methyl sites for hydroxylation is 1. The lowest BCUT2D eigenvalue weighted by molar-refractivity contribution is -0.139. The van der Waals surface area contributed by atoms with E-state index in [9.17, 15) is 19.2 Å². The third-order valence-electron chi connectivity index (χ3n) is 5.32. The first kappa shape index (κ1) is 22.2. The maximum absolute atomic E-state index is 13.0. The number of benzene rings is 1. The minimum atomic E-state index is -1.03. The smallest absolute Gasteiger partial charge is 0.339 e. The molecule has 31 heavy (non-hydrogen) atoms. The Morgan fingerprint density at radius 1 is 1.03 bits per heavy atom. The first-order valence-electron chi connectivity index (χ1n) is 9.75. The molecule has 3 rings (SSSR count). The predicted molar refractivity (Wildman–Crippen MR) is 112 cm³/mol. The highest BCUT2D eigenvalue weighted by Crippen LogP contribution is 2.26. The van der Waals surface area contributed by atoms with Gasteiger partial charge in [-0.3, -0.25) is 14.4 Å². The van der Waals surface area contributed by atoms with Crippen LogP contribution in [-0.4, -0.2) is 60.5 Å². The summed E-state index contributed by atoms with van der Waals surface area (Å²) in [6, 6.07) is 7.02. The van der Waals surface area contributed by atoms with Gasteiger partial charge >= 0.3 is 17.8 Å². The zero-order valence-electron chi connectivity index (χ0n) is 18.2. The van der Waals surface area contributed by atoms with E-state index < -0.39 is 30.2 Å². The fourth-order valence-electron chi connectivity index (χ4n) is 3.89. The molecule has 0 radical (unpaired) electrons. The van der Waals surface area contributed by atoms with Crippen LogP contribution in [0.2, 0.25) is 0 Å². The van der Waals surface area contributed by atoms with Crippen molar-refractivity contribution in [3.8, 4) is 5.75 Å². The monoisotopic (exact) mass is 427 g/mol. The van der Waals surface area contributed by atoms with Crippen molar-refractivity contribution in [3.63, 3.8) is 0 Å². The topological polar surface area (TPSA) is 98.2 Å². The van der Waals surface area contributed by atoms with E-state index in [0.717, 1.165) is 10.6 Å². The third kappa shape index (κ3) is 3.96. The summed E-state index contributed by atoms with van der Waals surface area (Å²) in [5.74, 6) is -1.91. The number of urea groups is 1. The number of ether oxygens (including phenoxy) is 2. The number of aromatic nitrogens is 1. The molecular formula is C22H25N3O6. The molecule has 0 saturated carbocycles. The number of carbonyl (C=O) groups is 4. The van der Waals surface area contributed by atoms with Crippen LogP contribution in [0.4, 0.5) is 10.5 Å². The molecule has 2 aromatic rings. The molecule has 1 aliphatic heterocycles. The molecule has 0 N–H and O–H groups in total. The van der Waals surface area contributed by atoms with Crippen molar-refractivity contribution >= 4 is 29.3 Å². The molecule has 1 fully saturated rings. The molecule has 9 heteroatoms. The highest BCUT2D eigenvalue weighted by atomic mass is 16.5. The van der Waals surface area contributed by atoms with Crippen LogP contribution in [0.1, 0.15) is 34.7 Å². The van der Waals surface area contributed by atoms with Crippen molar-refractivity contribution in [2.75, 3.05) is 32.3 Å². The Hall–Kier alpha value is -3.46. The van der Waals surface area contributed by atoms with Gasteiger partial charge in [0, 0.05) is 24.1 Å². The van der Waals surface area contributed by atoms with E-state index in [0.29, 0.717) is 28.5 Å². The number of amides is 4. The van der Waals surface area contributed by atoms with Crippen LogP contribution >= 0.6 is 0 Å². The molecule has 1 aromatic heterocycles. The lowest BCUT2D eigenvalue weighted by Crippen LogP contribution is -2.37. The molecule has 2 heterocycles. The largest absolute Gasteiger partial charge is 0.497 e. The number of ketones is 1. The first-order chi connectivity index (χ1) is 14.7. The predicted octanol–water partition coefficient (Wildman–Crippen LogP) is 2.50. The molecule has 1 saturated heterocycles. The zero-order chi connectivity index (χ0) is 22.9. The van der Waals surface area contributed by atoms with Gasteiger partial charge in [-0.2, -0.15) is 0 Å². The number of rotatable bonds is 8. The Morgan fingerprint density at radius 2 is 1.68 bits per heavy atom. The number of hydrogen-bond acceptors (Lipinski definition) is 6. The second-order valence-electron chi connectivity index (χ2n) is 7.39. The van der Waals surface area contributed by atoms with Crippen molar-refractivity contribution in [3.05, 3.63) is 47.3 Å². The second kappa shape index (κ2) is 8.73. The Balaban J connectivity index is 1.83. The Morgan fingerprint density at radius 3 is 2.26 bits per heavy atom. The van der Waals surface area contributed by atoms with Gasteiger partial charge in [0.15, 0.2) is 5.78 Å². The van der Waals surface area contributed by atoms with Crippen molar-refractivity contribution in [1.82, 2.24) is 9.47 Å². The van der Waals surface area contributed by atoms with E-state index >= 15 is 0 Å². The fraction of sp³-hybridized carbons (Fsp3) is 0.364. The van der Waals surface area contributed by atoms with E-state index in [1.54, 1.807) is 32.2 Å². The molecule has 0 spiro atoms. The lowest BCUT2D eigenvalue weighted by atomic mass is 10.1. The van der Waals surface area contributed by atoms with E-state index in [1.807, 2.05) is 18.4 Å². The van der Waals surface area contributed by atoms with Gasteiger partial charge in [0.25, 0.3) is 0 Å². The molecule has 4 amide bonds. The van der Waals surface area contributed by atoms with Crippen molar-refractivity contribution in [2.24, 2.45) is 0 Å².